The van der Waals surface area contributed by atoms with Crippen LogP contribution in [-0.4, -0.2) is 78.1 Å². The molecule has 0 N–H and O–H groups in total. The molecule has 1 heterocycles. The van der Waals surface area contributed by atoms with Crippen LogP contribution in [0.4, 0.5) is 5.69 Å². The first-order valence-corrected chi connectivity index (χ1v) is 11.1. The number of sulfonamides is 1. The van der Waals surface area contributed by atoms with Crippen molar-refractivity contribution in [2.75, 3.05) is 58.3 Å². The number of hydrogen-bond donors (Lipinski definition) is 0. The number of methoxy groups -OCH3 is 2. The average Bonchev–Trinajstić information content (AvgIpc) is 2.77. The zero-order chi connectivity index (χ0) is 21.7. The van der Waals surface area contributed by atoms with Crippen LogP contribution in [0.3, 0.4) is 0 Å². The minimum Gasteiger partial charge on any atom is -0.497 e. The SMILES string of the molecule is COc1ccc(OC)c(N(CC(=O)N2CCN(C)CC2)S(=O)(=O)c2ccccc2)c1. The van der Waals surface area contributed by atoms with E-state index >= 15 is 0 Å². The maximum Gasteiger partial charge on any atom is 0.264 e. The molecule has 3 rings (SSSR count). The summed E-state index contributed by atoms with van der Waals surface area (Å²) >= 11 is 0. The van der Waals surface area contributed by atoms with Gasteiger partial charge in [0.25, 0.3) is 10.0 Å². The molecule has 0 bridgehead atoms. The molecule has 0 unspecified atom stereocenters. The number of anilines is 1. The first-order chi connectivity index (χ1) is 14.4. The molecule has 1 saturated heterocycles. The van der Waals surface area contributed by atoms with Gasteiger partial charge in [-0.1, -0.05) is 18.2 Å². The van der Waals surface area contributed by atoms with Gasteiger partial charge in [0.1, 0.15) is 18.0 Å². The van der Waals surface area contributed by atoms with Crippen molar-refractivity contribution in [3.63, 3.8) is 0 Å². The van der Waals surface area contributed by atoms with Crippen LogP contribution >= 0.6 is 0 Å². The van der Waals surface area contributed by atoms with E-state index in [1.165, 1.54) is 26.4 Å². The quantitative estimate of drug-likeness (QED) is 0.661. The van der Waals surface area contributed by atoms with E-state index in [9.17, 15) is 13.2 Å². The van der Waals surface area contributed by atoms with Crippen molar-refractivity contribution >= 4 is 21.6 Å². The van der Waals surface area contributed by atoms with Gasteiger partial charge < -0.3 is 19.3 Å². The zero-order valence-corrected chi connectivity index (χ0v) is 18.3. The van der Waals surface area contributed by atoms with Gasteiger partial charge in [-0.15, -0.1) is 0 Å². The van der Waals surface area contributed by atoms with Gasteiger partial charge in [0.05, 0.1) is 24.8 Å². The number of carbonyl (C=O) groups excluding carboxylic acids is 1. The molecular formula is C21H27N3O5S. The third-order valence-corrected chi connectivity index (χ3v) is 6.89. The highest BCUT2D eigenvalue weighted by molar-refractivity contribution is 7.92. The molecule has 1 aliphatic rings. The summed E-state index contributed by atoms with van der Waals surface area (Å²) in [6.45, 7) is 2.29. The van der Waals surface area contributed by atoms with E-state index in [2.05, 4.69) is 4.90 Å². The van der Waals surface area contributed by atoms with Gasteiger partial charge in [0, 0.05) is 32.2 Å². The van der Waals surface area contributed by atoms with E-state index in [1.54, 1.807) is 41.3 Å². The highest BCUT2D eigenvalue weighted by Gasteiger charge is 2.32. The lowest BCUT2D eigenvalue weighted by Gasteiger charge is -2.34. The van der Waals surface area contributed by atoms with Gasteiger partial charge in [-0.3, -0.25) is 9.10 Å². The maximum absolute atomic E-state index is 13.5. The predicted octanol–water partition coefficient (Wildman–Crippen LogP) is 1.67. The lowest BCUT2D eigenvalue weighted by molar-refractivity contribution is -0.131. The molecule has 2 aromatic rings. The van der Waals surface area contributed by atoms with Crippen molar-refractivity contribution in [3.8, 4) is 11.5 Å². The summed E-state index contributed by atoms with van der Waals surface area (Å²) in [7, 11) is 0.935. The first kappa shape index (κ1) is 21.9. The number of benzene rings is 2. The average molecular weight is 434 g/mol. The Morgan fingerprint density at radius 2 is 1.67 bits per heavy atom. The summed E-state index contributed by atoms with van der Waals surface area (Å²) < 4.78 is 38.8. The second-order valence-electron chi connectivity index (χ2n) is 7.05. The first-order valence-electron chi connectivity index (χ1n) is 9.63. The van der Waals surface area contributed by atoms with Crippen LogP contribution in [0.5, 0.6) is 11.5 Å². The van der Waals surface area contributed by atoms with Crippen LogP contribution in [0.1, 0.15) is 0 Å². The Morgan fingerprint density at radius 1 is 1.00 bits per heavy atom. The molecule has 8 nitrogen and oxygen atoms in total. The normalized spacial score (nSPS) is 15.0. The van der Waals surface area contributed by atoms with E-state index in [-0.39, 0.29) is 23.0 Å². The summed E-state index contributed by atoms with van der Waals surface area (Å²) in [6, 6.07) is 12.9. The molecule has 0 radical (unpaired) electrons. The number of likely N-dealkylation sites (N-methyl/N-ethyl adjacent to an activating group) is 1. The lowest BCUT2D eigenvalue weighted by atomic mass is 10.2. The minimum atomic E-state index is -4.02. The van der Waals surface area contributed by atoms with Crippen molar-refractivity contribution in [3.05, 3.63) is 48.5 Å². The molecule has 30 heavy (non-hydrogen) atoms. The molecule has 1 amide bonds. The largest absolute Gasteiger partial charge is 0.497 e. The molecule has 1 fully saturated rings. The smallest absolute Gasteiger partial charge is 0.264 e. The Morgan fingerprint density at radius 3 is 2.27 bits per heavy atom. The molecule has 2 aromatic carbocycles. The predicted molar refractivity (Wildman–Crippen MR) is 115 cm³/mol. The molecule has 1 aliphatic heterocycles. The Hall–Kier alpha value is -2.78. The van der Waals surface area contributed by atoms with Crippen LogP contribution in [0.25, 0.3) is 0 Å². The zero-order valence-electron chi connectivity index (χ0n) is 17.4. The van der Waals surface area contributed by atoms with E-state index in [0.717, 1.165) is 17.4 Å². The van der Waals surface area contributed by atoms with Gasteiger partial charge in [-0.05, 0) is 31.3 Å². The Bertz CT molecular complexity index is 973. The molecule has 0 atom stereocenters. The van der Waals surface area contributed by atoms with Gasteiger partial charge in [-0.2, -0.15) is 0 Å². The van der Waals surface area contributed by atoms with Gasteiger partial charge >= 0.3 is 0 Å². The highest BCUT2D eigenvalue weighted by atomic mass is 32.2. The standard InChI is InChI=1S/C21H27N3O5S/c1-22-11-13-23(14-12-22)21(25)16-24(30(26,27)18-7-5-4-6-8-18)19-15-17(28-2)9-10-20(19)29-3/h4-10,15H,11-14,16H2,1-3H3. The van der Waals surface area contributed by atoms with E-state index in [0.29, 0.717) is 24.6 Å². The maximum atomic E-state index is 13.5. The molecule has 0 spiro atoms. The second kappa shape index (κ2) is 9.36. The number of ether oxygens (including phenoxy) is 2. The van der Waals surface area contributed by atoms with Crippen molar-refractivity contribution < 1.29 is 22.7 Å². The highest BCUT2D eigenvalue weighted by Crippen LogP contribution is 2.35. The number of hydrogen-bond acceptors (Lipinski definition) is 6. The Labute approximate surface area is 177 Å². The number of carbonyl (C=O) groups is 1. The Balaban J connectivity index is 2.03. The molecule has 0 aliphatic carbocycles. The molecule has 0 aromatic heterocycles. The lowest BCUT2D eigenvalue weighted by Crippen LogP contribution is -2.50. The molecule has 162 valence electrons. The summed E-state index contributed by atoms with van der Waals surface area (Å²) in [5, 5.41) is 0. The van der Waals surface area contributed by atoms with Gasteiger partial charge in [0.15, 0.2) is 0 Å². The summed E-state index contributed by atoms with van der Waals surface area (Å²) in [5.41, 5.74) is 0.253. The number of nitrogens with zero attached hydrogens (tertiary/aromatic N) is 3. The van der Waals surface area contributed by atoms with Crippen LogP contribution < -0.4 is 13.8 Å². The number of rotatable bonds is 7. The number of amides is 1. The van der Waals surface area contributed by atoms with E-state index in [1.807, 2.05) is 7.05 Å². The second-order valence-corrected chi connectivity index (χ2v) is 8.91. The molecular weight excluding hydrogens is 406 g/mol. The van der Waals surface area contributed by atoms with Crippen molar-refractivity contribution in [1.29, 1.82) is 0 Å². The summed E-state index contributed by atoms with van der Waals surface area (Å²) in [6.07, 6.45) is 0. The van der Waals surface area contributed by atoms with Gasteiger partial charge in [-0.25, -0.2) is 8.42 Å². The summed E-state index contributed by atoms with van der Waals surface area (Å²) in [5.74, 6) is 0.542. The van der Waals surface area contributed by atoms with Crippen LogP contribution in [0.15, 0.2) is 53.4 Å². The fourth-order valence-corrected chi connectivity index (χ4v) is 4.73. The van der Waals surface area contributed by atoms with Gasteiger partial charge in [0.2, 0.25) is 5.91 Å². The Kier molecular flexibility index (Phi) is 6.84. The fourth-order valence-electron chi connectivity index (χ4n) is 3.29. The van der Waals surface area contributed by atoms with Crippen molar-refractivity contribution in [1.82, 2.24) is 9.80 Å². The monoisotopic (exact) mass is 433 g/mol. The minimum absolute atomic E-state index is 0.0982. The molecule has 0 saturated carbocycles. The van der Waals surface area contributed by atoms with Crippen LogP contribution in [0.2, 0.25) is 0 Å². The topological polar surface area (TPSA) is 79.4 Å². The number of piperazine rings is 1. The van der Waals surface area contributed by atoms with E-state index < -0.39 is 10.0 Å². The van der Waals surface area contributed by atoms with Crippen LogP contribution in [-0.2, 0) is 14.8 Å². The van der Waals surface area contributed by atoms with E-state index in [4.69, 9.17) is 9.47 Å². The summed E-state index contributed by atoms with van der Waals surface area (Å²) in [4.78, 5) is 17.0. The molecule has 9 heteroatoms. The van der Waals surface area contributed by atoms with Crippen LogP contribution in [0, 0.1) is 0 Å². The third-order valence-electron chi connectivity index (χ3n) is 5.12. The third kappa shape index (κ3) is 4.68. The van der Waals surface area contributed by atoms with Crippen molar-refractivity contribution in [2.45, 2.75) is 4.90 Å². The fraction of sp³-hybridized carbons (Fsp3) is 0.381. The van der Waals surface area contributed by atoms with Crippen molar-refractivity contribution in [2.24, 2.45) is 0 Å².